The predicted molar refractivity (Wildman–Crippen MR) is 127 cm³/mol. The van der Waals surface area contributed by atoms with E-state index in [0.29, 0.717) is 11.6 Å². The lowest BCUT2D eigenvalue weighted by Crippen LogP contribution is -2.33. The number of rotatable bonds is 7. The molecular formula is C25H29ClN4O2. The molecule has 0 saturated heterocycles. The Bertz CT molecular complexity index is 1120. The van der Waals surface area contributed by atoms with Crippen molar-refractivity contribution in [2.45, 2.75) is 46.7 Å². The molecule has 3 rings (SSSR count). The first-order chi connectivity index (χ1) is 15.2. The van der Waals surface area contributed by atoms with Crippen LogP contribution < -0.4 is 5.32 Å². The summed E-state index contributed by atoms with van der Waals surface area (Å²) in [7, 11) is 1.78. The Kier molecular flexibility index (Phi) is 7.36. The summed E-state index contributed by atoms with van der Waals surface area (Å²) >= 11 is 5.98. The summed E-state index contributed by atoms with van der Waals surface area (Å²) in [6.45, 7) is 7.93. The Morgan fingerprint density at radius 2 is 1.75 bits per heavy atom. The summed E-state index contributed by atoms with van der Waals surface area (Å²) in [5, 5.41) is 8.20. The van der Waals surface area contributed by atoms with E-state index in [1.54, 1.807) is 24.1 Å². The number of amides is 2. The van der Waals surface area contributed by atoms with E-state index in [1.807, 2.05) is 48.9 Å². The maximum Gasteiger partial charge on any atom is 0.225 e. The van der Waals surface area contributed by atoms with Crippen molar-refractivity contribution in [3.63, 3.8) is 0 Å². The SMILES string of the molecule is CC(=O)NC(CC(=O)N(C)Cc1c(C)nn(-c2ccccc2C)c1C)c1ccc(Cl)cc1. The van der Waals surface area contributed by atoms with E-state index in [-0.39, 0.29) is 18.2 Å². The fourth-order valence-corrected chi connectivity index (χ4v) is 3.91. The van der Waals surface area contributed by atoms with Gasteiger partial charge in [0, 0.05) is 36.8 Å². The Balaban J connectivity index is 1.78. The van der Waals surface area contributed by atoms with Crippen molar-refractivity contribution in [3.8, 4) is 5.69 Å². The highest BCUT2D eigenvalue weighted by Crippen LogP contribution is 2.24. The van der Waals surface area contributed by atoms with Gasteiger partial charge in [0.05, 0.1) is 23.8 Å². The number of hydrogen-bond acceptors (Lipinski definition) is 3. The average Bonchev–Trinajstić information content (AvgIpc) is 3.02. The Morgan fingerprint density at radius 1 is 1.09 bits per heavy atom. The molecule has 0 saturated carbocycles. The van der Waals surface area contributed by atoms with Crippen LogP contribution in [0.5, 0.6) is 0 Å². The third-order valence-corrected chi connectivity index (χ3v) is 5.89. The van der Waals surface area contributed by atoms with E-state index in [9.17, 15) is 9.59 Å². The van der Waals surface area contributed by atoms with Crippen LogP contribution in [0.2, 0.25) is 5.02 Å². The van der Waals surface area contributed by atoms with Gasteiger partial charge in [-0.3, -0.25) is 9.59 Å². The number of nitrogens with one attached hydrogen (secondary N) is 1. The number of hydrogen-bond donors (Lipinski definition) is 1. The first-order valence-electron chi connectivity index (χ1n) is 10.5. The Labute approximate surface area is 194 Å². The molecule has 2 aromatic carbocycles. The van der Waals surface area contributed by atoms with Gasteiger partial charge in [0.1, 0.15) is 0 Å². The first-order valence-corrected chi connectivity index (χ1v) is 10.9. The number of carbonyl (C=O) groups excluding carboxylic acids is 2. The maximum atomic E-state index is 13.1. The minimum atomic E-state index is -0.420. The minimum absolute atomic E-state index is 0.0684. The van der Waals surface area contributed by atoms with E-state index >= 15 is 0 Å². The zero-order valence-electron chi connectivity index (χ0n) is 19.1. The van der Waals surface area contributed by atoms with Gasteiger partial charge in [0.2, 0.25) is 11.8 Å². The number of nitrogens with zero attached hydrogens (tertiary/aromatic N) is 3. The molecule has 6 nitrogen and oxygen atoms in total. The van der Waals surface area contributed by atoms with Crippen LogP contribution in [0.4, 0.5) is 0 Å². The van der Waals surface area contributed by atoms with Crippen molar-refractivity contribution < 1.29 is 9.59 Å². The van der Waals surface area contributed by atoms with Crippen molar-refractivity contribution in [1.29, 1.82) is 0 Å². The second-order valence-corrected chi connectivity index (χ2v) is 8.54. The zero-order valence-corrected chi connectivity index (χ0v) is 19.9. The molecule has 7 heteroatoms. The predicted octanol–water partition coefficient (Wildman–Crippen LogP) is 4.68. The second kappa shape index (κ2) is 10.0. The third kappa shape index (κ3) is 5.37. The van der Waals surface area contributed by atoms with E-state index in [2.05, 4.69) is 18.3 Å². The number of benzene rings is 2. The lowest BCUT2D eigenvalue weighted by atomic mass is 10.0. The standard InChI is InChI=1S/C25H29ClN4O2/c1-16-8-6-7-9-24(16)30-18(3)22(17(2)28-30)15-29(5)25(32)14-23(27-19(4)31)20-10-12-21(26)13-11-20/h6-13,23H,14-15H2,1-5H3,(H,27,31). The molecule has 0 fully saturated rings. The minimum Gasteiger partial charge on any atom is -0.349 e. The molecule has 1 atom stereocenters. The van der Waals surface area contributed by atoms with Gasteiger partial charge in [0.25, 0.3) is 0 Å². The molecule has 0 radical (unpaired) electrons. The smallest absolute Gasteiger partial charge is 0.225 e. The van der Waals surface area contributed by atoms with Crippen LogP contribution in [0, 0.1) is 20.8 Å². The molecule has 0 aliphatic carbocycles. The van der Waals surface area contributed by atoms with Crippen LogP contribution in [0.15, 0.2) is 48.5 Å². The van der Waals surface area contributed by atoms with Crippen molar-refractivity contribution in [1.82, 2.24) is 20.0 Å². The molecule has 0 bridgehead atoms. The van der Waals surface area contributed by atoms with E-state index in [1.165, 1.54) is 6.92 Å². The summed E-state index contributed by atoms with van der Waals surface area (Å²) in [6, 6.07) is 14.8. The molecule has 1 aromatic heterocycles. The normalized spacial score (nSPS) is 11.8. The molecule has 3 aromatic rings. The molecule has 0 aliphatic rings. The van der Waals surface area contributed by atoms with Gasteiger partial charge in [-0.1, -0.05) is 41.9 Å². The molecule has 168 valence electrons. The topological polar surface area (TPSA) is 67.2 Å². The van der Waals surface area contributed by atoms with Gasteiger partial charge in [-0.25, -0.2) is 4.68 Å². The number of aromatic nitrogens is 2. The fourth-order valence-electron chi connectivity index (χ4n) is 3.79. The van der Waals surface area contributed by atoms with Gasteiger partial charge < -0.3 is 10.2 Å². The quantitative estimate of drug-likeness (QED) is 0.566. The molecule has 1 heterocycles. The van der Waals surface area contributed by atoms with Crippen LogP contribution in [0.25, 0.3) is 5.69 Å². The van der Waals surface area contributed by atoms with Crippen molar-refractivity contribution in [2.75, 3.05) is 7.05 Å². The molecule has 0 aliphatic heterocycles. The zero-order chi connectivity index (χ0) is 23.4. The molecule has 0 spiro atoms. The second-order valence-electron chi connectivity index (χ2n) is 8.11. The Morgan fingerprint density at radius 3 is 2.38 bits per heavy atom. The fraction of sp³-hybridized carbons (Fsp3) is 0.320. The van der Waals surface area contributed by atoms with E-state index in [0.717, 1.165) is 33.8 Å². The summed E-state index contributed by atoms with van der Waals surface area (Å²) in [4.78, 5) is 26.5. The summed E-state index contributed by atoms with van der Waals surface area (Å²) in [5.41, 5.74) is 5.92. The molecule has 1 N–H and O–H groups in total. The number of para-hydroxylation sites is 1. The monoisotopic (exact) mass is 452 g/mol. The van der Waals surface area contributed by atoms with Crippen molar-refractivity contribution in [2.24, 2.45) is 0 Å². The number of carbonyl (C=O) groups is 2. The summed E-state index contributed by atoms with van der Waals surface area (Å²) in [5.74, 6) is -0.257. The van der Waals surface area contributed by atoms with E-state index < -0.39 is 6.04 Å². The van der Waals surface area contributed by atoms with Crippen molar-refractivity contribution in [3.05, 3.63) is 81.6 Å². The maximum absolute atomic E-state index is 13.1. The van der Waals surface area contributed by atoms with Crippen LogP contribution in [-0.2, 0) is 16.1 Å². The molecule has 1 unspecified atom stereocenters. The van der Waals surface area contributed by atoms with Gasteiger partial charge >= 0.3 is 0 Å². The van der Waals surface area contributed by atoms with Gasteiger partial charge in [-0.05, 0) is 50.1 Å². The van der Waals surface area contributed by atoms with Gasteiger partial charge in [0.15, 0.2) is 0 Å². The first kappa shape index (κ1) is 23.5. The Hall–Kier alpha value is -3.12. The summed E-state index contributed by atoms with van der Waals surface area (Å²) in [6.07, 6.45) is 0.155. The van der Waals surface area contributed by atoms with Gasteiger partial charge in [-0.15, -0.1) is 0 Å². The van der Waals surface area contributed by atoms with Crippen LogP contribution in [0.1, 0.15) is 47.5 Å². The molecule has 32 heavy (non-hydrogen) atoms. The highest BCUT2D eigenvalue weighted by atomic mass is 35.5. The molecule has 2 amide bonds. The highest BCUT2D eigenvalue weighted by Gasteiger charge is 2.22. The van der Waals surface area contributed by atoms with Crippen LogP contribution in [0.3, 0.4) is 0 Å². The summed E-state index contributed by atoms with van der Waals surface area (Å²) < 4.78 is 1.94. The number of aryl methyl sites for hydroxylation is 2. The third-order valence-electron chi connectivity index (χ3n) is 5.63. The molecular weight excluding hydrogens is 424 g/mol. The van der Waals surface area contributed by atoms with Crippen molar-refractivity contribution >= 4 is 23.4 Å². The van der Waals surface area contributed by atoms with E-state index in [4.69, 9.17) is 16.7 Å². The lowest BCUT2D eigenvalue weighted by Gasteiger charge is -2.23. The van der Waals surface area contributed by atoms with Crippen LogP contribution >= 0.6 is 11.6 Å². The number of halogens is 1. The highest BCUT2D eigenvalue weighted by molar-refractivity contribution is 6.30. The largest absolute Gasteiger partial charge is 0.349 e. The van der Waals surface area contributed by atoms with Gasteiger partial charge in [-0.2, -0.15) is 5.10 Å². The average molecular weight is 453 g/mol. The van der Waals surface area contributed by atoms with Crippen LogP contribution in [-0.4, -0.2) is 33.5 Å². The lowest BCUT2D eigenvalue weighted by molar-refractivity contribution is -0.131.